The quantitative estimate of drug-likeness (QED) is 0.635. The van der Waals surface area contributed by atoms with Gasteiger partial charge in [-0.3, -0.25) is 14.5 Å². The zero-order chi connectivity index (χ0) is 18.1. The van der Waals surface area contributed by atoms with Gasteiger partial charge in [-0.1, -0.05) is 35.9 Å². The number of amides is 1. The monoisotopic (exact) mass is 337 g/mol. The lowest BCUT2D eigenvalue weighted by Crippen LogP contribution is -2.43. The summed E-state index contributed by atoms with van der Waals surface area (Å²) >= 11 is 0. The van der Waals surface area contributed by atoms with Crippen molar-refractivity contribution in [1.29, 1.82) is 0 Å². The van der Waals surface area contributed by atoms with Crippen LogP contribution in [0.5, 0.6) is 0 Å². The summed E-state index contributed by atoms with van der Waals surface area (Å²) in [6.45, 7) is 5.48. The Bertz CT molecular complexity index is 854. The first-order valence-corrected chi connectivity index (χ1v) is 8.19. The first-order valence-electron chi connectivity index (χ1n) is 8.19. The summed E-state index contributed by atoms with van der Waals surface area (Å²) in [4.78, 5) is 38.0. The van der Waals surface area contributed by atoms with Crippen LogP contribution in [-0.4, -0.2) is 30.3 Å². The van der Waals surface area contributed by atoms with E-state index in [2.05, 4.69) is 0 Å². The first kappa shape index (κ1) is 16.9. The van der Waals surface area contributed by atoms with Gasteiger partial charge < -0.3 is 4.74 Å². The molecule has 0 aliphatic carbocycles. The summed E-state index contributed by atoms with van der Waals surface area (Å²) in [5, 5.41) is 0. The van der Waals surface area contributed by atoms with Crippen LogP contribution in [0.15, 0.2) is 42.5 Å². The molecular weight excluding hydrogens is 318 g/mol. The summed E-state index contributed by atoms with van der Waals surface area (Å²) in [7, 11) is 0. The van der Waals surface area contributed by atoms with Crippen LogP contribution in [0.2, 0.25) is 0 Å². The number of carbonyl (C=O) groups excluding carboxylic acids is 3. The van der Waals surface area contributed by atoms with Crippen molar-refractivity contribution < 1.29 is 19.1 Å². The second kappa shape index (κ2) is 6.51. The number of rotatable bonds is 4. The van der Waals surface area contributed by atoms with Crippen LogP contribution < -0.4 is 4.90 Å². The number of hydrogen-bond donors (Lipinski definition) is 0. The van der Waals surface area contributed by atoms with Gasteiger partial charge in [-0.25, -0.2) is 4.79 Å². The number of nitrogens with zero attached hydrogens (tertiary/aromatic N) is 1. The number of fused-ring (bicyclic) bond motifs is 1. The van der Waals surface area contributed by atoms with Gasteiger partial charge in [-0.05, 0) is 44.0 Å². The van der Waals surface area contributed by atoms with Crippen LogP contribution in [0.3, 0.4) is 0 Å². The Morgan fingerprint density at radius 3 is 2.36 bits per heavy atom. The minimum atomic E-state index is -0.845. The number of ketones is 1. The van der Waals surface area contributed by atoms with Gasteiger partial charge in [0.2, 0.25) is 0 Å². The Hall–Kier alpha value is -2.95. The highest BCUT2D eigenvalue weighted by atomic mass is 16.5. The Balaban J connectivity index is 2.00. The average molecular weight is 337 g/mol. The van der Waals surface area contributed by atoms with Gasteiger partial charge >= 0.3 is 5.97 Å². The molecule has 3 rings (SSSR count). The van der Waals surface area contributed by atoms with Gasteiger partial charge in [0, 0.05) is 0 Å². The summed E-state index contributed by atoms with van der Waals surface area (Å²) in [6.07, 6.45) is 0. The van der Waals surface area contributed by atoms with Crippen molar-refractivity contribution in [1.82, 2.24) is 0 Å². The highest BCUT2D eigenvalue weighted by Gasteiger charge is 2.41. The Kier molecular flexibility index (Phi) is 4.40. The number of esters is 1. The van der Waals surface area contributed by atoms with Crippen molar-refractivity contribution in [3.63, 3.8) is 0 Å². The normalized spacial score (nSPS) is 14.4. The van der Waals surface area contributed by atoms with E-state index in [1.54, 1.807) is 26.0 Å². The molecule has 1 atom stereocenters. The van der Waals surface area contributed by atoms with Crippen molar-refractivity contribution in [3.8, 4) is 11.1 Å². The first-order chi connectivity index (χ1) is 11.9. The smallest absolute Gasteiger partial charge is 0.328 e. The predicted molar refractivity (Wildman–Crippen MR) is 94.5 cm³/mol. The number of carbonyl (C=O) groups is 3. The zero-order valence-corrected chi connectivity index (χ0v) is 14.4. The van der Waals surface area contributed by atoms with Gasteiger partial charge in [0.1, 0.15) is 6.04 Å². The summed E-state index contributed by atoms with van der Waals surface area (Å²) in [6, 6.07) is 12.3. The molecule has 0 radical (unpaired) electrons. The maximum atomic E-state index is 12.4. The van der Waals surface area contributed by atoms with Gasteiger partial charge in [-0.2, -0.15) is 0 Å². The van der Waals surface area contributed by atoms with Crippen molar-refractivity contribution in [2.24, 2.45) is 0 Å². The zero-order valence-electron chi connectivity index (χ0n) is 14.4. The third kappa shape index (κ3) is 2.93. The molecule has 1 amide bonds. The lowest BCUT2D eigenvalue weighted by Gasteiger charge is -2.22. The number of ether oxygens (including phenoxy) is 1. The van der Waals surface area contributed by atoms with Crippen LogP contribution in [0.25, 0.3) is 11.1 Å². The molecule has 5 heteroatoms. The lowest BCUT2D eigenvalue weighted by molar-refractivity contribution is -0.145. The maximum absolute atomic E-state index is 12.4. The molecule has 0 bridgehead atoms. The average Bonchev–Trinajstić information content (AvgIpc) is 2.86. The highest BCUT2D eigenvalue weighted by molar-refractivity contribution is 6.52. The molecule has 1 heterocycles. The van der Waals surface area contributed by atoms with Crippen molar-refractivity contribution in [3.05, 3.63) is 53.6 Å². The molecule has 0 aromatic heterocycles. The summed E-state index contributed by atoms with van der Waals surface area (Å²) in [5.41, 5.74) is 3.73. The molecule has 0 saturated heterocycles. The summed E-state index contributed by atoms with van der Waals surface area (Å²) < 4.78 is 4.97. The Morgan fingerprint density at radius 1 is 1.08 bits per heavy atom. The van der Waals surface area contributed by atoms with E-state index in [1.807, 2.05) is 37.3 Å². The van der Waals surface area contributed by atoms with Gasteiger partial charge in [-0.15, -0.1) is 0 Å². The maximum Gasteiger partial charge on any atom is 0.328 e. The fraction of sp³-hybridized carbons (Fsp3) is 0.250. The minimum Gasteiger partial charge on any atom is -0.464 e. The van der Waals surface area contributed by atoms with Crippen molar-refractivity contribution in [2.45, 2.75) is 26.8 Å². The molecule has 1 aliphatic rings. The fourth-order valence-corrected chi connectivity index (χ4v) is 2.94. The van der Waals surface area contributed by atoms with Crippen LogP contribution in [-0.2, 0) is 14.3 Å². The van der Waals surface area contributed by atoms with Crippen molar-refractivity contribution in [2.75, 3.05) is 11.5 Å². The van der Waals surface area contributed by atoms with E-state index >= 15 is 0 Å². The number of hydrogen-bond acceptors (Lipinski definition) is 4. The van der Waals surface area contributed by atoms with E-state index in [4.69, 9.17) is 4.74 Å². The van der Waals surface area contributed by atoms with Gasteiger partial charge in [0.25, 0.3) is 11.7 Å². The second-order valence-corrected chi connectivity index (χ2v) is 6.03. The molecular formula is C20H19NO4. The van der Waals surface area contributed by atoms with Gasteiger partial charge in [0.15, 0.2) is 0 Å². The molecule has 5 nitrogen and oxygen atoms in total. The lowest BCUT2D eigenvalue weighted by atomic mass is 10.0. The third-order valence-corrected chi connectivity index (χ3v) is 4.31. The molecule has 0 fully saturated rings. The molecule has 0 spiro atoms. The topological polar surface area (TPSA) is 63.7 Å². The number of aryl methyl sites for hydroxylation is 1. The standard InChI is InChI=1S/C20H19NO4/c1-4-25-20(24)13(3)21-17-10-9-15(11-16(17)18(22)19(21)23)14-7-5-12(2)6-8-14/h5-11,13H,4H2,1-3H3/t13-/m0/s1. The number of Topliss-reactive ketones (excluding diaryl/α,β-unsaturated/α-hetero) is 1. The SMILES string of the molecule is CCOC(=O)[C@H](C)N1C(=O)C(=O)c2cc(-c3ccc(C)cc3)ccc21. The predicted octanol–water partition coefficient (Wildman–Crippen LogP) is 3.14. The molecule has 0 N–H and O–H groups in total. The fourth-order valence-electron chi connectivity index (χ4n) is 2.94. The molecule has 0 saturated carbocycles. The van der Waals surface area contributed by atoms with Crippen LogP contribution in [0, 0.1) is 6.92 Å². The summed E-state index contributed by atoms with van der Waals surface area (Å²) in [5.74, 6) is -1.82. The van der Waals surface area contributed by atoms with E-state index in [9.17, 15) is 14.4 Å². The molecule has 128 valence electrons. The van der Waals surface area contributed by atoms with E-state index in [0.29, 0.717) is 11.3 Å². The molecule has 25 heavy (non-hydrogen) atoms. The molecule has 1 aliphatic heterocycles. The van der Waals surface area contributed by atoms with E-state index < -0.39 is 23.7 Å². The largest absolute Gasteiger partial charge is 0.464 e. The Morgan fingerprint density at radius 2 is 1.72 bits per heavy atom. The van der Waals surface area contributed by atoms with E-state index in [1.165, 1.54) is 4.90 Å². The molecule has 2 aromatic rings. The molecule has 2 aromatic carbocycles. The second-order valence-electron chi connectivity index (χ2n) is 6.03. The van der Waals surface area contributed by atoms with Crippen LogP contribution in [0.1, 0.15) is 29.8 Å². The number of anilines is 1. The van der Waals surface area contributed by atoms with Crippen LogP contribution >= 0.6 is 0 Å². The minimum absolute atomic E-state index is 0.221. The molecule has 0 unspecified atom stereocenters. The van der Waals surface area contributed by atoms with E-state index in [0.717, 1.165) is 16.7 Å². The van der Waals surface area contributed by atoms with Crippen LogP contribution in [0.4, 0.5) is 5.69 Å². The van der Waals surface area contributed by atoms with Gasteiger partial charge in [0.05, 0.1) is 17.9 Å². The highest BCUT2D eigenvalue weighted by Crippen LogP contribution is 2.34. The Labute approximate surface area is 146 Å². The van der Waals surface area contributed by atoms with E-state index in [-0.39, 0.29) is 6.61 Å². The van der Waals surface area contributed by atoms with Crippen molar-refractivity contribution >= 4 is 23.3 Å². The third-order valence-electron chi connectivity index (χ3n) is 4.31. The number of benzene rings is 2.